The second-order valence-electron chi connectivity index (χ2n) is 4.07. The molecule has 1 saturated heterocycles. The van der Waals surface area contributed by atoms with E-state index in [1.54, 1.807) is 6.07 Å². The molecule has 0 bridgehead atoms. The zero-order valence-corrected chi connectivity index (χ0v) is 9.01. The summed E-state index contributed by atoms with van der Waals surface area (Å²) in [6.45, 7) is 2.38. The second kappa shape index (κ2) is 5.25. The summed E-state index contributed by atoms with van der Waals surface area (Å²) < 4.78 is 30.8. The number of anilines is 1. The Balaban J connectivity index is 1.86. The van der Waals surface area contributed by atoms with Crippen LogP contribution in [0.1, 0.15) is 12.8 Å². The molecule has 1 heterocycles. The molecule has 0 aliphatic carbocycles. The summed E-state index contributed by atoms with van der Waals surface area (Å²) in [5.41, 5.74) is 0.630. The van der Waals surface area contributed by atoms with Gasteiger partial charge in [0.25, 0.3) is 0 Å². The topological polar surface area (TPSA) is 21.3 Å². The molecule has 1 N–H and O–H groups in total. The van der Waals surface area contributed by atoms with Gasteiger partial charge in [0, 0.05) is 25.4 Å². The highest BCUT2D eigenvalue weighted by Gasteiger charge is 2.13. The first-order valence-corrected chi connectivity index (χ1v) is 5.52. The largest absolute Gasteiger partial charge is 0.385 e. The van der Waals surface area contributed by atoms with Crippen molar-refractivity contribution in [1.29, 1.82) is 0 Å². The van der Waals surface area contributed by atoms with E-state index in [1.807, 2.05) is 0 Å². The molecule has 2 nitrogen and oxygen atoms in total. The van der Waals surface area contributed by atoms with Gasteiger partial charge in [-0.3, -0.25) is 0 Å². The molecule has 0 amide bonds. The van der Waals surface area contributed by atoms with Crippen LogP contribution >= 0.6 is 0 Å². The molecule has 1 aromatic rings. The molecule has 88 valence electrons. The molecule has 1 aliphatic rings. The first-order valence-electron chi connectivity index (χ1n) is 5.52. The fourth-order valence-electron chi connectivity index (χ4n) is 1.82. The van der Waals surface area contributed by atoms with Gasteiger partial charge in [0.15, 0.2) is 11.6 Å². The summed E-state index contributed by atoms with van der Waals surface area (Å²) in [4.78, 5) is 0. The molecule has 0 unspecified atom stereocenters. The molecule has 0 saturated carbocycles. The molecule has 0 atom stereocenters. The third kappa shape index (κ3) is 2.92. The smallest absolute Gasteiger partial charge is 0.160 e. The van der Waals surface area contributed by atoms with Gasteiger partial charge in [0.2, 0.25) is 0 Å². The third-order valence-corrected chi connectivity index (χ3v) is 2.86. The highest BCUT2D eigenvalue weighted by molar-refractivity contribution is 5.43. The Kier molecular flexibility index (Phi) is 3.72. The number of nitrogens with one attached hydrogen (secondary N) is 1. The van der Waals surface area contributed by atoms with Crippen molar-refractivity contribution < 1.29 is 13.5 Å². The number of hydrogen-bond acceptors (Lipinski definition) is 2. The van der Waals surface area contributed by atoms with Crippen LogP contribution in [-0.4, -0.2) is 19.8 Å². The number of halogens is 2. The van der Waals surface area contributed by atoms with Gasteiger partial charge < -0.3 is 10.1 Å². The SMILES string of the molecule is Fc1ccc(NCC2CCOCC2)cc1F. The van der Waals surface area contributed by atoms with Crippen LogP contribution in [0.5, 0.6) is 0 Å². The van der Waals surface area contributed by atoms with Crippen molar-refractivity contribution in [3.63, 3.8) is 0 Å². The van der Waals surface area contributed by atoms with Gasteiger partial charge in [0.1, 0.15) is 0 Å². The minimum atomic E-state index is -0.809. The van der Waals surface area contributed by atoms with E-state index in [1.165, 1.54) is 6.07 Å². The maximum absolute atomic E-state index is 12.9. The normalized spacial score (nSPS) is 17.4. The lowest BCUT2D eigenvalue weighted by Gasteiger charge is -2.22. The molecular formula is C12H15F2NO. The zero-order chi connectivity index (χ0) is 11.4. The van der Waals surface area contributed by atoms with Crippen molar-refractivity contribution in [3.05, 3.63) is 29.8 Å². The lowest BCUT2D eigenvalue weighted by atomic mass is 10.0. The van der Waals surface area contributed by atoms with Gasteiger partial charge in [-0.25, -0.2) is 8.78 Å². The molecule has 1 aliphatic heterocycles. The quantitative estimate of drug-likeness (QED) is 0.857. The number of rotatable bonds is 3. The first-order chi connectivity index (χ1) is 7.75. The first kappa shape index (κ1) is 11.3. The molecule has 16 heavy (non-hydrogen) atoms. The lowest BCUT2D eigenvalue weighted by molar-refractivity contribution is 0.0699. The lowest BCUT2D eigenvalue weighted by Crippen LogP contribution is -2.22. The van der Waals surface area contributed by atoms with Gasteiger partial charge in [-0.1, -0.05) is 0 Å². The standard InChI is InChI=1S/C12H15F2NO/c13-11-2-1-10(7-12(11)14)15-8-9-3-5-16-6-4-9/h1-2,7,9,15H,3-6,8H2. The van der Waals surface area contributed by atoms with E-state index in [-0.39, 0.29) is 0 Å². The van der Waals surface area contributed by atoms with Crippen molar-refractivity contribution in [2.75, 3.05) is 25.1 Å². The highest BCUT2D eigenvalue weighted by atomic mass is 19.2. The molecule has 0 radical (unpaired) electrons. The predicted octanol–water partition coefficient (Wildman–Crippen LogP) is 2.80. The Hall–Kier alpha value is -1.16. The maximum atomic E-state index is 12.9. The average Bonchev–Trinajstić information content (AvgIpc) is 2.32. The summed E-state index contributed by atoms with van der Waals surface area (Å²) in [6, 6.07) is 3.88. The molecular weight excluding hydrogens is 212 g/mol. The summed E-state index contributed by atoms with van der Waals surface area (Å²) in [7, 11) is 0. The summed E-state index contributed by atoms with van der Waals surface area (Å²) >= 11 is 0. The Morgan fingerprint density at radius 1 is 1.19 bits per heavy atom. The van der Waals surface area contributed by atoms with Crippen LogP contribution in [0.25, 0.3) is 0 Å². The fourth-order valence-corrected chi connectivity index (χ4v) is 1.82. The van der Waals surface area contributed by atoms with Crippen LogP contribution in [-0.2, 0) is 4.74 Å². The van der Waals surface area contributed by atoms with Crippen LogP contribution in [0, 0.1) is 17.6 Å². The molecule has 1 aromatic carbocycles. The van der Waals surface area contributed by atoms with Gasteiger partial charge in [-0.15, -0.1) is 0 Å². The zero-order valence-electron chi connectivity index (χ0n) is 9.01. The van der Waals surface area contributed by atoms with Crippen molar-refractivity contribution in [3.8, 4) is 0 Å². The van der Waals surface area contributed by atoms with E-state index in [4.69, 9.17) is 4.74 Å². The fraction of sp³-hybridized carbons (Fsp3) is 0.500. The monoisotopic (exact) mass is 227 g/mol. The third-order valence-electron chi connectivity index (χ3n) is 2.86. The van der Waals surface area contributed by atoms with E-state index < -0.39 is 11.6 Å². The number of benzene rings is 1. The summed E-state index contributed by atoms with van der Waals surface area (Å²) in [5, 5.41) is 3.12. The van der Waals surface area contributed by atoms with Gasteiger partial charge in [-0.05, 0) is 37.0 Å². The molecule has 4 heteroatoms. The van der Waals surface area contributed by atoms with E-state index in [2.05, 4.69) is 5.32 Å². The molecule has 2 rings (SSSR count). The van der Waals surface area contributed by atoms with Crippen LogP contribution in [0.2, 0.25) is 0 Å². The van der Waals surface area contributed by atoms with E-state index in [0.29, 0.717) is 11.6 Å². The Morgan fingerprint density at radius 2 is 1.94 bits per heavy atom. The molecule has 0 aromatic heterocycles. The van der Waals surface area contributed by atoms with Crippen LogP contribution < -0.4 is 5.32 Å². The van der Waals surface area contributed by atoms with Gasteiger partial charge >= 0.3 is 0 Å². The summed E-state index contributed by atoms with van der Waals surface area (Å²) in [5.74, 6) is -1.06. The van der Waals surface area contributed by atoms with Gasteiger partial charge in [-0.2, -0.15) is 0 Å². The van der Waals surface area contributed by atoms with Crippen molar-refractivity contribution in [1.82, 2.24) is 0 Å². The van der Waals surface area contributed by atoms with E-state index in [9.17, 15) is 8.78 Å². The van der Waals surface area contributed by atoms with E-state index in [0.717, 1.165) is 38.7 Å². The molecule has 1 fully saturated rings. The second-order valence-corrected chi connectivity index (χ2v) is 4.07. The van der Waals surface area contributed by atoms with Crippen molar-refractivity contribution in [2.45, 2.75) is 12.8 Å². The van der Waals surface area contributed by atoms with Crippen LogP contribution in [0.15, 0.2) is 18.2 Å². The van der Waals surface area contributed by atoms with Crippen LogP contribution in [0.3, 0.4) is 0 Å². The maximum Gasteiger partial charge on any atom is 0.160 e. The number of ether oxygens (including phenoxy) is 1. The minimum Gasteiger partial charge on any atom is -0.385 e. The highest BCUT2D eigenvalue weighted by Crippen LogP contribution is 2.17. The Morgan fingerprint density at radius 3 is 2.62 bits per heavy atom. The number of hydrogen-bond donors (Lipinski definition) is 1. The molecule has 0 spiro atoms. The predicted molar refractivity (Wildman–Crippen MR) is 58.4 cm³/mol. The van der Waals surface area contributed by atoms with Crippen LogP contribution in [0.4, 0.5) is 14.5 Å². The Bertz CT molecular complexity index is 351. The summed E-state index contributed by atoms with van der Waals surface area (Å²) in [6.07, 6.45) is 2.05. The van der Waals surface area contributed by atoms with Crippen molar-refractivity contribution >= 4 is 5.69 Å². The van der Waals surface area contributed by atoms with E-state index >= 15 is 0 Å². The van der Waals surface area contributed by atoms with Gasteiger partial charge in [0.05, 0.1) is 0 Å². The minimum absolute atomic E-state index is 0.557. The Labute approximate surface area is 93.6 Å². The average molecular weight is 227 g/mol. The van der Waals surface area contributed by atoms with Crippen molar-refractivity contribution in [2.24, 2.45) is 5.92 Å².